The molecule has 1 saturated heterocycles. The van der Waals surface area contributed by atoms with Crippen LogP contribution in [0.15, 0.2) is 54.6 Å². The maximum absolute atomic E-state index is 13.9. The Kier molecular flexibility index (Phi) is 6.32. The Morgan fingerprint density at radius 3 is 2.59 bits per heavy atom. The molecule has 2 heterocycles. The van der Waals surface area contributed by atoms with Crippen molar-refractivity contribution in [2.45, 2.75) is 64.4 Å². The van der Waals surface area contributed by atoms with Crippen LogP contribution < -0.4 is 0 Å². The molecule has 0 spiro atoms. The third-order valence-electron chi connectivity index (χ3n) is 6.82. The van der Waals surface area contributed by atoms with Crippen LogP contribution in [-0.2, 0) is 22.4 Å². The molecule has 1 aliphatic heterocycles. The van der Waals surface area contributed by atoms with Gasteiger partial charge in [-0.05, 0) is 78.5 Å². The van der Waals surface area contributed by atoms with Crippen molar-refractivity contribution < 1.29 is 13.9 Å². The van der Waals surface area contributed by atoms with Gasteiger partial charge in [-0.2, -0.15) is 0 Å². The van der Waals surface area contributed by atoms with Crippen LogP contribution in [0.3, 0.4) is 0 Å². The summed E-state index contributed by atoms with van der Waals surface area (Å²) in [5, 5.41) is 0. The second-order valence-electron chi connectivity index (χ2n) is 9.56. The summed E-state index contributed by atoms with van der Waals surface area (Å²) in [6, 6.07) is 15.3. The molecule has 34 heavy (non-hydrogen) atoms. The second-order valence-corrected chi connectivity index (χ2v) is 9.56. The Morgan fingerprint density at radius 2 is 1.82 bits per heavy atom. The topological polar surface area (TPSA) is 39.2 Å². The van der Waals surface area contributed by atoms with E-state index >= 15 is 0 Å². The van der Waals surface area contributed by atoms with E-state index in [-0.39, 0.29) is 23.8 Å². The molecule has 3 nitrogen and oxygen atoms in total. The van der Waals surface area contributed by atoms with Crippen LogP contribution in [0.25, 0.3) is 28.5 Å². The predicted molar refractivity (Wildman–Crippen MR) is 134 cm³/mol. The number of aryl methyl sites for hydroxylation is 1. The SMILES string of the molecule is CC(C)c1nc2c(c(-c3ccc(F)cc3)c1/C=C/[C@@H]1CCCC(=O)O1)CCCc1ccccc1-2. The van der Waals surface area contributed by atoms with Crippen LogP contribution in [0.1, 0.15) is 67.8 Å². The number of ether oxygens (including phenoxy) is 1. The highest BCUT2D eigenvalue weighted by atomic mass is 19.1. The summed E-state index contributed by atoms with van der Waals surface area (Å²) in [6.45, 7) is 4.31. The summed E-state index contributed by atoms with van der Waals surface area (Å²) in [7, 11) is 0. The Morgan fingerprint density at radius 1 is 1.03 bits per heavy atom. The molecular formula is C30H30FNO2. The number of pyridine rings is 1. The lowest BCUT2D eigenvalue weighted by molar-refractivity contribution is -0.150. The van der Waals surface area contributed by atoms with E-state index < -0.39 is 0 Å². The fourth-order valence-electron chi connectivity index (χ4n) is 5.18. The minimum absolute atomic E-state index is 0.139. The van der Waals surface area contributed by atoms with Crippen LogP contribution in [0.5, 0.6) is 0 Å². The number of aromatic nitrogens is 1. The molecule has 5 rings (SSSR count). The first-order valence-corrected chi connectivity index (χ1v) is 12.3. The fraction of sp³-hybridized carbons (Fsp3) is 0.333. The van der Waals surface area contributed by atoms with Crippen LogP contribution >= 0.6 is 0 Å². The minimum atomic E-state index is -0.246. The third kappa shape index (κ3) is 4.42. The minimum Gasteiger partial charge on any atom is -0.458 e. The van der Waals surface area contributed by atoms with Crippen LogP contribution in [0.4, 0.5) is 4.39 Å². The maximum Gasteiger partial charge on any atom is 0.306 e. The highest BCUT2D eigenvalue weighted by Gasteiger charge is 2.25. The van der Waals surface area contributed by atoms with E-state index in [1.54, 1.807) is 0 Å². The van der Waals surface area contributed by atoms with Gasteiger partial charge < -0.3 is 4.74 Å². The van der Waals surface area contributed by atoms with Gasteiger partial charge in [-0.1, -0.05) is 56.3 Å². The molecule has 1 aliphatic carbocycles. The lowest BCUT2D eigenvalue weighted by Gasteiger charge is -2.23. The molecule has 0 amide bonds. The van der Waals surface area contributed by atoms with Crippen LogP contribution in [0, 0.1) is 5.82 Å². The van der Waals surface area contributed by atoms with Gasteiger partial charge >= 0.3 is 5.97 Å². The lowest BCUT2D eigenvalue weighted by atomic mass is 9.86. The Bertz CT molecular complexity index is 1240. The first-order chi connectivity index (χ1) is 16.5. The molecule has 0 radical (unpaired) electrons. The van der Waals surface area contributed by atoms with Crippen molar-refractivity contribution in [2.24, 2.45) is 0 Å². The van der Waals surface area contributed by atoms with E-state index in [9.17, 15) is 9.18 Å². The van der Waals surface area contributed by atoms with Crippen molar-refractivity contribution in [3.8, 4) is 22.4 Å². The largest absolute Gasteiger partial charge is 0.458 e. The number of hydrogen-bond donors (Lipinski definition) is 0. The third-order valence-corrected chi connectivity index (χ3v) is 6.82. The monoisotopic (exact) mass is 455 g/mol. The van der Waals surface area contributed by atoms with Gasteiger partial charge in [0.2, 0.25) is 0 Å². The van der Waals surface area contributed by atoms with Crippen molar-refractivity contribution >= 4 is 12.0 Å². The van der Waals surface area contributed by atoms with Gasteiger partial charge in [0.15, 0.2) is 0 Å². The van der Waals surface area contributed by atoms with Gasteiger partial charge in [-0.15, -0.1) is 0 Å². The van der Waals surface area contributed by atoms with E-state index in [0.717, 1.165) is 60.2 Å². The van der Waals surface area contributed by atoms with Crippen molar-refractivity contribution in [2.75, 3.05) is 0 Å². The molecule has 0 unspecified atom stereocenters. The number of cyclic esters (lactones) is 1. The zero-order chi connectivity index (χ0) is 23.7. The fourth-order valence-corrected chi connectivity index (χ4v) is 5.18. The van der Waals surface area contributed by atoms with Crippen molar-refractivity contribution in [3.05, 3.63) is 82.8 Å². The average Bonchev–Trinajstić information content (AvgIpc) is 3.02. The number of rotatable bonds is 4. The number of fused-ring (bicyclic) bond motifs is 3. The van der Waals surface area contributed by atoms with Gasteiger partial charge in [-0.25, -0.2) is 4.39 Å². The Balaban J connectivity index is 1.75. The summed E-state index contributed by atoms with van der Waals surface area (Å²) in [4.78, 5) is 17.1. The molecule has 174 valence electrons. The summed E-state index contributed by atoms with van der Waals surface area (Å²) < 4.78 is 19.4. The van der Waals surface area contributed by atoms with Gasteiger partial charge in [0.25, 0.3) is 0 Å². The predicted octanol–water partition coefficient (Wildman–Crippen LogP) is 7.28. The molecular weight excluding hydrogens is 425 g/mol. The van der Waals surface area contributed by atoms with E-state index in [4.69, 9.17) is 9.72 Å². The highest BCUT2D eigenvalue weighted by molar-refractivity contribution is 5.86. The molecule has 2 aliphatic rings. The van der Waals surface area contributed by atoms with Gasteiger partial charge in [0.1, 0.15) is 11.9 Å². The zero-order valence-corrected chi connectivity index (χ0v) is 19.8. The highest BCUT2D eigenvalue weighted by Crippen LogP contribution is 2.42. The van der Waals surface area contributed by atoms with Crippen molar-refractivity contribution in [3.63, 3.8) is 0 Å². The van der Waals surface area contributed by atoms with Gasteiger partial charge in [0, 0.05) is 17.5 Å². The molecule has 0 saturated carbocycles. The smallest absolute Gasteiger partial charge is 0.306 e. The normalized spacial score (nSPS) is 17.9. The number of esters is 1. The molecule has 0 N–H and O–H groups in total. The number of carbonyl (C=O) groups is 1. The Hall–Kier alpha value is -3.27. The number of hydrogen-bond acceptors (Lipinski definition) is 3. The van der Waals surface area contributed by atoms with E-state index in [1.165, 1.54) is 28.8 Å². The lowest BCUT2D eigenvalue weighted by Crippen LogP contribution is -2.21. The summed E-state index contributed by atoms with van der Waals surface area (Å²) >= 11 is 0. The molecule has 1 fully saturated rings. The Labute approximate surface area is 200 Å². The molecule has 2 aromatic carbocycles. The van der Waals surface area contributed by atoms with Gasteiger partial charge in [0.05, 0.1) is 11.4 Å². The number of carbonyl (C=O) groups excluding carboxylic acids is 1. The molecule has 4 heteroatoms. The molecule has 1 atom stereocenters. The number of halogens is 1. The first-order valence-electron chi connectivity index (χ1n) is 12.3. The van der Waals surface area contributed by atoms with E-state index in [2.05, 4.69) is 44.2 Å². The van der Waals surface area contributed by atoms with E-state index in [1.807, 2.05) is 18.2 Å². The standard InChI is InChI=1S/C30H30FNO2/c1-19(2)29-26(18-17-23-9-6-12-27(33)34-23)28(21-13-15-22(31)16-14-21)25-11-5-8-20-7-3-4-10-24(20)30(25)32-29/h3-4,7,10,13-19,23H,5-6,8-9,11-12H2,1-2H3/b18-17+/t23-/m0/s1. The quantitative estimate of drug-likeness (QED) is 0.388. The molecule has 0 bridgehead atoms. The average molecular weight is 456 g/mol. The molecule has 1 aromatic heterocycles. The van der Waals surface area contributed by atoms with Crippen LogP contribution in [-0.4, -0.2) is 17.1 Å². The summed E-state index contributed by atoms with van der Waals surface area (Å²) in [5.74, 6) is -0.196. The number of nitrogens with zero attached hydrogens (tertiary/aromatic N) is 1. The second kappa shape index (κ2) is 9.54. The van der Waals surface area contributed by atoms with Crippen LogP contribution in [0.2, 0.25) is 0 Å². The number of benzene rings is 2. The van der Waals surface area contributed by atoms with E-state index in [0.29, 0.717) is 6.42 Å². The maximum atomic E-state index is 13.9. The van der Waals surface area contributed by atoms with Gasteiger partial charge in [-0.3, -0.25) is 9.78 Å². The summed E-state index contributed by atoms with van der Waals surface area (Å²) in [5.41, 5.74) is 8.92. The zero-order valence-electron chi connectivity index (χ0n) is 19.8. The molecule has 3 aromatic rings. The van der Waals surface area contributed by atoms with Crippen molar-refractivity contribution in [1.29, 1.82) is 0 Å². The summed E-state index contributed by atoms with van der Waals surface area (Å²) in [6.07, 6.45) is 8.97. The first kappa shape index (κ1) is 22.5. The van der Waals surface area contributed by atoms with Crippen molar-refractivity contribution in [1.82, 2.24) is 4.98 Å².